The van der Waals surface area contributed by atoms with E-state index in [1.54, 1.807) is 7.11 Å². The Morgan fingerprint density at radius 2 is 1.72 bits per heavy atom. The molecule has 0 aliphatic heterocycles. The van der Waals surface area contributed by atoms with Gasteiger partial charge in [0.2, 0.25) is 0 Å². The Morgan fingerprint density at radius 3 is 2.33 bits per heavy atom. The highest BCUT2D eigenvalue weighted by Gasteiger charge is 2.00. The van der Waals surface area contributed by atoms with Gasteiger partial charge in [-0.3, -0.25) is 4.90 Å². The van der Waals surface area contributed by atoms with Gasteiger partial charge in [-0.1, -0.05) is 24.3 Å². The van der Waals surface area contributed by atoms with Crippen molar-refractivity contribution in [1.82, 2.24) is 4.90 Å². The van der Waals surface area contributed by atoms with Crippen LogP contribution in [0.5, 0.6) is 0 Å². The van der Waals surface area contributed by atoms with Gasteiger partial charge in [-0.15, -0.1) is 0 Å². The quantitative estimate of drug-likeness (QED) is 0.672. The molecule has 0 radical (unpaired) electrons. The molecule has 1 rings (SSSR count). The van der Waals surface area contributed by atoms with Crippen LogP contribution in [0.1, 0.15) is 11.1 Å². The maximum atomic E-state index is 5.57. The molecule has 1 aromatic carbocycles. The standard InChI is InChI=1S/C14H24N2O2/c1-16(7-8-18-10-9-17-2)12-14-5-3-13(11-15)4-6-14/h3-6H,7-12,15H2,1-2H3. The summed E-state index contributed by atoms with van der Waals surface area (Å²) in [6.07, 6.45) is 0. The van der Waals surface area contributed by atoms with Crippen LogP contribution in [0.15, 0.2) is 24.3 Å². The summed E-state index contributed by atoms with van der Waals surface area (Å²) in [7, 11) is 3.77. The average molecular weight is 252 g/mol. The second-order valence-corrected chi connectivity index (χ2v) is 4.36. The molecular formula is C14H24N2O2. The van der Waals surface area contributed by atoms with Gasteiger partial charge in [0.25, 0.3) is 0 Å². The number of hydrogen-bond acceptors (Lipinski definition) is 4. The summed E-state index contributed by atoms with van der Waals surface area (Å²) in [5.41, 5.74) is 8.04. The van der Waals surface area contributed by atoms with E-state index in [-0.39, 0.29) is 0 Å². The third-order valence-corrected chi connectivity index (χ3v) is 2.76. The van der Waals surface area contributed by atoms with E-state index in [0.29, 0.717) is 19.8 Å². The fraction of sp³-hybridized carbons (Fsp3) is 0.571. The number of likely N-dealkylation sites (N-methyl/N-ethyl adjacent to an activating group) is 1. The Labute approximate surface area is 110 Å². The Balaban J connectivity index is 2.20. The van der Waals surface area contributed by atoms with Crippen molar-refractivity contribution >= 4 is 0 Å². The topological polar surface area (TPSA) is 47.7 Å². The SMILES string of the molecule is COCCOCCN(C)Cc1ccc(CN)cc1. The zero-order chi connectivity index (χ0) is 13.2. The summed E-state index contributed by atoms with van der Waals surface area (Å²) >= 11 is 0. The van der Waals surface area contributed by atoms with Gasteiger partial charge in [0.05, 0.1) is 19.8 Å². The van der Waals surface area contributed by atoms with Crippen molar-refractivity contribution < 1.29 is 9.47 Å². The van der Waals surface area contributed by atoms with Crippen LogP contribution in [-0.2, 0) is 22.6 Å². The minimum absolute atomic E-state index is 0.601. The second-order valence-electron chi connectivity index (χ2n) is 4.36. The van der Waals surface area contributed by atoms with Crippen molar-refractivity contribution in [2.45, 2.75) is 13.1 Å². The molecule has 0 saturated heterocycles. The fourth-order valence-electron chi connectivity index (χ4n) is 1.64. The maximum absolute atomic E-state index is 5.57. The minimum Gasteiger partial charge on any atom is -0.382 e. The van der Waals surface area contributed by atoms with Crippen molar-refractivity contribution in [3.05, 3.63) is 35.4 Å². The highest BCUT2D eigenvalue weighted by Crippen LogP contribution is 2.06. The van der Waals surface area contributed by atoms with E-state index in [4.69, 9.17) is 15.2 Å². The molecule has 0 spiro atoms. The van der Waals surface area contributed by atoms with Crippen LogP contribution in [0.25, 0.3) is 0 Å². The molecule has 0 unspecified atom stereocenters. The van der Waals surface area contributed by atoms with Crippen LogP contribution in [-0.4, -0.2) is 45.4 Å². The van der Waals surface area contributed by atoms with E-state index >= 15 is 0 Å². The third kappa shape index (κ3) is 6.12. The summed E-state index contributed by atoms with van der Waals surface area (Å²) in [5.74, 6) is 0. The number of rotatable bonds is 9. The smallest absolute Gasteiger partial charge is 0.0700 e. The third-order valence-electron chi connectivity index (χ3n) is 2.76. The molecule has 4 nitrogen and oxygen atoms in total. The van der Waals surface area contributed by atoms with Crippen molar-refractivity contribution in [1.29, 1.82) is 0 Å². The predicted octanol–water partition coefficient (Wildman–Crippen LogP) is 1.24. The van der Waals surface area contributed by atoms with Gasteiger partial charge in [-0.25, -0.2) is 0 Å². The minimum atomic E-state index is 0.601. The van der Waals surface area contributed by atoms with Crippen LogP contribution >= 0.6 is 0 Å². The van der Waals surface area contributed by atoms with E-state index < -0.39 is 0 Å². The lowest BCUT2D eigenvalue weighted by atomic mass is 10.1. The van der Waals surface area contributed by atoms with Crippen molar-refractivity contribution in [3.8, 4) is 0 Å². The van der Waals surface area contributed by atoms with E-state index in [1.165, 1.54) is 11.1 Å². The molecule has 0 aliphatic rings. The molecule has 4 heteroatoms. The Hall–Kier alpha value is -0.940. The predicted molar refractivity (Wildman–Crippen MR) is 73.4 cm³/mol. The monoisotopic (exact) mass is 252 g/mol. The summed E-state index contributed by atoms with van der Waals surface area (Å²) < 4.78 is 10.4. The van der Waals surface area contributed by atoms with Crippen molar-refractivity contribution in [2.24, 2.45) is 5.73 Å². The van der Waals surface area contributed by atoms with Gasteiger partial charge >= 0.3 is 0 Å². The highest BCUT2D eigenvalue weighted by molar-refractivity contribution is 5.22. The Bertz CT molecular complexity index is 314. The highest BCUT2D eigenvalue weighted by atomic mass is 16.5. The first-order valence-corrected chi connectivity index (χ1v) is 6.29. The summed E-state index contributed by atoms with van der Waals surface area (Å²) in [6.45, 7) is 4.50. The lowest BCUT2D eigenvalue weighted by molar-refractivity contribution is 0.0598. The molecule has 0 amide bonds. The van der Waals surface area contributed by atoms with Gasteiger partial charge < -0.3 is 15.2 Å². The zero-order valence-electron chi connectivity index (χ0n) is 11.4. The van der Waals surface area contributed by atoms with Crippen molar-refractivity contribution in [2.75, 3.05) is 40.5 Å². The maximum Gasteiger partial charge on any atom is 0.0700 e. The van der Waals surface area contributed by atoms with Crippen molar-refractivity contribution in [3.63, 3.8) is 0 Å². The molecule has 0 aromatic heterocycles. The second kappa shape index (κ2) is 9.05. The molecule has 0 saturated carbocycles. The van der Waals surface area contributed by atoms with Gasteiger partial charge in [-0.05, 0) is 18.2 Å². The molecule has 2 N–H and O–H groups in total. The van der Waals surface area contributed by atoms with Gasteiger partial charge in [0.15, 0.2) is 0 Å². The molecule has 18 heavy (non-hydrogen) atoms. The Kier molecular flexibility index (Phi) is 7.60. The van der Waals surface area contributed by atoms with E-state index in [1.807, 2.05) is 0 Å². The fourth-order valence-corrected chi connectivity index (χ4v) is 1.64. The lowest BCUT2D eigenvalue weighted by Crippen LogP contribution is -2.23. The van der Waals surface area contributed by atoms with Crippen LogP contribution < -0.4 is 5.73 Å². The van der Waals surface area contributed by atoms with E-state index in [2.05, 4.69) is 36.2 Å². The number of nitrogens with two attached hydrogens (primary N) is 1. The van der Waals surface area contributed by atoms with E-state index in [0.717, 1.165) is 19.7 Å². The molecule has 0 fully saturated rings. The largest absolute Gasteiger partial charge is 0.382 e. The number of hydrogen-bond donors (Lipinski definition) is 1. The summed E-state index contributed by atoms with van der Waals surface area (Å²) in [4.78, 5) is 2.24. The lowest BCUT2D eigenvalue weighted by Gasteiger charge is -2.16. The first-order chi connectivity index (χ1) is 8.76. The van der Waals surface area contributed by atoms with E-state index in [9.17, 15) is 0 Å². The van der Waals surface area contributed by atoms with Crippen LogP contribution in [0.3, 0.4) is 0 Å². The Morgan fingerprint density at radius 1 is 1.06 bits per heavy atom. The summed E-state index contributed by atoms with van der Waals surface area (Å²) in [6, 6.07) is 8.42. The number of nitrogens with zero attached hydrogens (tertiary/aromatic N) is 1. The number of methoxy groups -OCH3 is 1. The molecule has 1 aromatic rings. The van der Waals surface area contributed by atoms with Gasteiger partial charge in [0, 0.05) is 26.7 Å². The molecule has 0 bridgehead atoms. The van der Waals surface area contributed by atoms with Crippen LogP contribution in [0.2, 0.25) is 0 Å². The summed E-state index contributed by atoms with van der Waals surface area (Å²) in [5, 5.41) is 0. The molecule has 0 aliphatic carbocycles. The van der Waals surface area contributed by atoms with Gasteiger partial charge in [-0.2, -0.15) is 0 Å². The molecule has 0 heterocycles. The van der Waals surface area contributed by atoms with Gasteiger partial charge in [0.1, 0.15) is 0 Å². The molecule has 0 atom stereocenters. The van der Waals surface area contributed by atoms with Crippen LogP contribution in [0.4, 0.5) is 0 Å². The average Bonchev–Trinajstić information content (AvgIpc) is 2.39. The normalized spacial score (nSPS) is 11.1. The zero-order valence-corrected chi connectivity index (χ0v) is 11.4. The first kappa shape index (κ1) is 15.1. The first-order valence-electron chi connectivity index (χ1n) is 6.29. The molecule has 102 valence electrons. The van der Waals surface area contributed by atoms with Crippen LogP contribution in [0, 0.1) is 0 Å². The molecular weight excluding hydrogens is 228 g/mol. The number of ether oxygens (including phenoxy) is 2. The number of benzene rings is 1.